The molecule has 0 unspecified atom stereocenters. The Morgan fingerprint density at radius 1 is 1.00 bits per heavy atom. The number of benzene rings is 2. The molecule has 0 atom stereocenters. The Morgan fingerprint density at radius 2 is 1.77 bits per heavy atom. The van der Waals surface area contributed by atoms with Gasteiger partial charge < -0.3 is 4.74 Å². The minimum Gasteiger partial charge on any atom is -0.488 e. The van der Waals surface area contributed by atoms with Gasteiger partial charge in [-0.3, -0.25) is 0 Å². The van der Waals surface area contributed by atoms with Gasteiger partial charge in [0.2, 0.25) is 0 Å². The lowest BCUT2D eigenvalue weighted by atomic mass is 10.1. The molecular formula is C19H12F3N3O. The molecule has 0 aliphatic carbocycles. The van der Waals surface area contributed by atoms with Gasteiger partial charge in [0.05, 0.1) is 11.3 Å². The number of hydrogen-bond donors (Lipinski definition) is 0. The fraction of sp³-hybridized carbons (Fsp3) is 0.105. The predicted octanol–water partition coefficient (Wildman–Crippen LogP) is 4.61. The van der Waals surface area contributed by atoms with E-state index in [1.165, 1.54) is 18.5 Å². The van der Waals surface area contributed by atoms with Gasteiger partial charge in [0.1, 0.15) is 30.4 Å². The molecule has 0 saturated carbocycles. The van der Waals surface area contributed by atoms with Gasteiger partial charge in [0, 0.05) is 11.6 Å². The Balaban J connectivity index is 2.01. The number of hydrogen-bond acceptors (Lipinski definition) is 4. The summed E-state index contributed by atoms with van der Waals surface area (Å²) in [4.78, 5) is 7.81. The predicted molar refractivity (Wildman–Crippen MR) is 88.0 cm³/mol. The normalized spacial score (nSPS) is 11.0. The molecule has 4 nitrogen and oxygen atoms in total. The van der Waals surface area contributed by atoms with E-state index in [1.807, 2.05) is 36.4 Å². The second kappa shape index (κ2) is 7.23. The lowest BCUT2D eigenvalue weighted by Gasteiger charge is -2.14. The van der Waals surface area contributed by atoms with Gasteiger partial charge in [-0.25, -0.2) is 9.97 Å². The molecule has 2 aromatic carbocycles. The summed E-state index contributed by atoms with van der Waals surface area (Å²) in [7, 11) is 0. The molecule has 130 valence electrons. The minimum atomic E-state index is -4.49. The number of nitrogens with zero attached hydrogens (tertiary/aromatic N) is 3. The number of aromatic nitrogens is 2. The van der Waals surface area contributed by atoms with Crippen LogP contribution in [0.25, 0.3) is 11.3 Å². The topological polar surface area (TPSA) is 58.8 Å². The van der Waals surface area contributed by atoms with E-state index >= 15 is 0 Å². The summed E-state index contributed by atoms with van der Waals surface area (Å²) in [5, 5.41) is 8.96. The van der Waals surface area contributed by atoms with Gasteiger partial charge in [-0.2, -0.15) is 18.4 Å². The Hall–Kier alpha value is -3.40. The van der Waals surface area contributed by atoms with Crippen LogP contribution in [-0.2, 0) is 12.8 Å². The van der Waals surface area contributed by atoms with Gasteiger partial charge in [0.15, 0.2) is 0 Å². The second-order valence-electron chi connectivity index (χ2n) is 5.38. The summed E-state index contributed by atoms with van der Waals surface area (Å²) in [5.74, 6) is 0.0336. The van der Waals surface area contributed by atoms with Crippen LogP contribution in [-0.4, -0.2) is 9.97 Å². The third kappa shape index (κ3) is 3.98. The van der Waals surface area contributed by atoms with Crippen molar-refractivity contribution in [3.8, 4) is 23.1 Å². The van der Waals surface area contributed by atoms with Gasteiger partial charge >= 0.3 is 6.18 Å². The third-order valence-corrected chi connectivity index (χ3v) is 3.60. The highest BCUT2D eigenvalue weighted by molar-refractivity contribution is 5.68. The van der Waals surface area contributed by atoms with Crippen molar-refractivity contribution in [2.45, 2.75) is 12.8 Å². The third-order valence-electron chi connectivity index (χ3n) is 3.60. The van der Waals surface area contributed by atoms with Crippen molar-refractivity contribution >= 4 is 0 Å². The molecule has 0 radical (unpaired) electrons. The first-order valence-corrected chi connectivity index (χ1v) is 7.58. The van der Waals surface area contributed by atoms with Crippen molar-refractivity contribution in [3.05, 3.63) is 77.7 Å². The first-order valence-electron chi connectivity index (χ1n) is 7.58. The summed E-state index contributed by atoms with van der Waals surface area (Å²) in [6, 6.07) is 15.5. The molecule has 0 spiro atoms. The van der Waals surface area contributed by atoms with Crippen molar-refractivity contribution in [2.24, 2.45) is 0 Å². The molecule has 0 saturated heterocycles. The smallest absolute Gasteiger partial charge is 0.416 e. The molecule has 7 heteroatoms. The largest absolute Gasteiger partial charge is 0.488 e. The first-order chi connectivity index (χ1) is 12.5. The molecule has 0 aliphatic heterocycles. The Kier molecular flexibility index (Phi) is 4.85. The maximum absolute atomic E-state index is 13.1. The number of alkyl halides is 3. The van der Waals surface area contributed by atoms with E-state index in [0.717, 1.165) is 17.7 Å². The molecule has 0 amide bonds. The van der Waals surface area contributed by atoms with E-state index in [2.05, 4.69) is 9.97 Å². The zero-order chi connectivity index (χ0) is 18.6. The SMILES string of the molecule is N#Cc1cc(-c2ccc(C(F)(F)F)cc2OCc2ccccc2)ncn1. The van der Waals surface area contributed by atoms with Crippen molar-refractivity contribution < 1.29 is 17.9 Å². The van der Waals surface area contributed by atoms with Crippen LogP contribution in [0.15, 0.2) is 60.9 Å². The van der Waals surface area contributed by atoms with Crippen LogP contribution in [0.5, 0.6) is 5.75 Å². The van der Waals surface area contributed by atoms with E-state index in [9.17, 15) is 13.2 Å². The number of ether oxygens (including phenoxy) is 1. The first kappa shape index (κ1) is 17.4. The maximum atomic E-state index is 13.1. The van der Waals surface area contributed by atoms with E-state index in [-0.39, 0.29) is 18.1 Å². The Labute approximate surface area is 147 Å². The Morgan fingerprint density at radius 3 is 2.46 bits per heavy atom. The molecule has 26 heavy (non-hydrogen) atoms. The van der Waals surface area contributed by atoms with Gasteiger partial charge in [-0.15, -0.1) is 0 Å². The van der Waals surface area contributed by atoms with Crippen LogP contribution in [0.2, 0.25) is 0 Å². The molecule has 0 bridgehead atoms. The fourth-order valence-electron chi connectivity index (χ4n) is 2.33. The number of halogens is 3. The van der Waals surface area contributed by atoms with Crippen LogP contribution < -0.4 is 4.74 Å². The van der Waals surface area contributed by atoms with Crippen LogP contribution in [0.1, 0.15) is 16.8 Å². The lowest BCUT2D eigenvalue weighted by Crippen LogP contribution is -2.06. The van der Waals surface area contributed by atoms with Gasteiger partial charge in [-0.1, -0.05) is 30.3 Å². The summed E-state index contributed by atoms with van der Waals surface area (Å²) >= 11 is 0. The molecule has 3 aromatic rings. The van der Waals surface area contributed by atoms with Gasteiger partial charge in [0.25, 0.3) is 0 Å². The number of rotatable bonds is 4. The van der Waals surface area contributed by atoms with Crippen molar-refractivity contribution in [1.82, 2.24) is 9.97 Å². The quantitative estimate of drug-likeness (QED) is 0.686. The van der Waals surface area contributed by atoms with Crippen molar-refractivity contribution in [1.29, 1.82) is 5.26 Å². The minimum absolute atomic E-state index is 0.0336. The number of nitriles is 1. The van der Waals surface area contributed by atoms with Crippen LogP contribution >= 0.6 is 0 Å². The zero-order valence-electron chi connectivity index (χ0n) is 13.4. The molecule has 1 heterocycles. The summed E-state index contributed by atoms with van der Waals surface area (Å²) in [6.07, 6.45) is -3.31. The van der Waals surface area contributed by atoms with Crippen LogP contribution in [0.3, 0.4) is 0 Å². The molecule has 0 N–H and O–H groups in total. The molecule has 1 aromatic heterocycles. The molecular weight excluding hydrogens is 343 g/mol. The average molecular weight is 355 g/mol. The second-order valence-corrected chi connectivity index (χ2v) is 5.38. The molecule has 0 fully saturated rings. The highest BCUT2D eigenvalue weighted by Crippen LogP contribution is 2.37. The standard InChI is InChI=1S/C19H12F3N3O/c20-19(21,22)14-6-7-16(17-9-15(10-23)24-12-25-17)18(8-14)26-11-13-4-2-1-3-5-13/h1-9,12H,11H2. The summed E-state index contributed by atoms with van der Waals surface area (Å²) in [5.41, 5.74) is 0.778. The monoisotopic (exact) mass is 355 g/mol. The average Bonchev–Trinajstić information content (AvgIpc) is 2.66. The highest BCUT2D eigenvalue weighted by atomic mass is 19.4. The van der Waals surface area contributed by atoms with E-state index in [1.54, 1.807) is 0 Å². The fourth-order valence-corrected chi connectivity index (χ4v) is 2.33. The lowest BCUT2D eigenvalue weighted by molar-refractivity contribution is -0.137. The Bertz CT molecular complexity index is 950. The van der Waals surface area contributed by atoms with E-state index in [0.29, 0.717) is 11.3 Å². The molecule has 0 aliphatic rings. The zero-order valence-corrected chi connectivity index (χ0v) is 13.4. The van der Waals surface area contributed by atoms with E-state index in [4.69, 9.17) is 10.00 Å². The van der Waals surface area contributed by atoms with E-state index < -0.39 is 11.7 Å². The summed E-state index contributed by atoms with van der Waals surface area (Å²) < 4.78 is 44.8. The maximum Gasteiger partial charge on any atom is 0.416 e. The molecule has 3 rings (SSSR count). The van der Waals surface area contributed by atoms with Crippen molar-refractivity contribution in [2.75, 3.05) is 0 Å². The highest BCUT2D eigenvalue weighted by Gasteiger charge is 2.31. The van der Waals surface area contributed by atoms with Crippen LogP contribution in [0, 0.1) is 11.3 Å². The summed E-state index contributed by atoms with van der Waals surface area (Å²) in [6.45, 7) is 0.103. The van der Waals surface area contributed by atoms with Crippen molar-refractivity contribution in [3.63, 3.8) is 0 Å². The van der Waals surface area contributed by atoms with Crippen LogP contribution in [0.4, 0.5) is 13.2 Å². The van der Waals surface area contributed by atoms with Gasteiger partial charge in [-0.05, 0) is 23.8 Å².